The molecule has 1 aromatic carbocycles. The maximum absolute atomic E-state index is 11.1. The number of non-ortho nitro benzene ring substituents is 1. The number of thiophene rings is 1. The first-order chi connectivity index (χ1) is 10.1. The van der Waals surface area contributed by atoms with E-state index in [4.69, 9.17) is 11.6 Å². The molecule has 0 amide bonds. The molecular formula is C14H10ClN3O2S. The van der Waals surface area contributed by atoms with Crippen LogP contribution >= 0.6 is 22.9 Å². The third-order valence-electron chi connectivity index (χ3n) is 3.07. The molecule has 0 bridgehead atoms. The number of nitro benzene ring substituents is 1. The fraction of sp³-hybridized carbons (Fsp3) is 0.0714. The highest BCUT2D eigenvalue weighted by atomic mass is 35.5. The summed E-state index contributed by atoms with van der Waals surface area (Å²) in [6.07, 6.45) is 3.18. The van der Waals surface area contributed by atoms with Crippen molar-refractivity contribution in [1.82, 2.24) is 4.98 Å². The summed E-state index contributed by atoms with van der Waals surface area (Å²) in [5, 5.41) is 15.6. The van der Waals surface area contributed by atoms with Crippen LogP contribution < -0.4 is 5.32 Å². The minimum absolute atomic E-state index is 0.0807. The number of rotatable bonds is 4. The Labute approximate surface area is 129 Å². The molecule has 21 heavy (non-hydrogen) atoms. The molecule has 106 valence electrons. The van der Waals surface area contributed by atoms with Gasteiger partial charge in [-0.1, -0.05) is 11.6 Å². The molecule has 5 nitrogen and oxygen atoms in total. The van der Waals surface area contributed by atoms with E-state index in [1.807, 2.05) is 12.1 Å². The number of nitro groups is 1. The largest absolute Gasteiger partial charge is 0.380 e. The van der Waals surface area contributed by atoms with Gasteiger partial charge in [-0.25, -0.2) is 0 Å². The van der Waals surface area contributed by atoms with E-state index in [9.17, 15) is 10.1 Å². The monoisotopic (exact) mass is 319 g/mol. The molecule has 0 unspecified atom stereocenters. The second-order valence-corrected chi connectivity index (χ2v) is 6.17. The molecule has 2 aromatic heterocycles. The van der Waals surface area contributed by atoms with Crippen LogP contribution in [0.2, 0.25) is 4.34 Å². The van der Waals surface area contributed by atoms with Crippen molar-refractivity contribution in [3.05, 3.63) is 62.1 Å². The van der Waals surface area contributed by atoms with Crippen molar-refractivity contribution in [1.29, 1.82) is 0 Å². The lowest BCUT2D eigenvalue weighted by Crippen LogP contribution is -1.99. The molecule has 0 saturated carbocycles. The van der Waals surface area contributed by atoms with Crippen molar-refractivity contribution < 1.29 is 4.92 Å². The molecule has 0 atom stereocenters. The lowest BCUT2D eigenvalue weighted by molar-refractivity contribution is -0.383. The predicted octanol–water partition coefficient (Wildman–Crippen LogP) is 4.47. The second-order valence-electron chi connectivity index (χ2n) is 4.37. The molecule has 0 aliphatic carbocycles. The first-order valence-corrected chi connectivity index (χ1v) is 7.34. The van der Waals surface area contributed by atoms with Gasteiger partial charge in [-0.05, 0) is 24.3 Å². The Bertz CT molecular complexity index is 819. The third kappa shape index (κ3) is 2.81. The quantitative estimate of drug-likeness (QED) is 0.569. The van der Waals surface area contributed by atoms with Crippen LogP contribution in [0.4, 0.5) is 11.4 Å². The first kappa shape index (κ1) is 13.8. The number of nitrogens with zero attached hydrogens (tertiary/aromatic N) is 2. The van der Waals surface area contributed by atoms with Crippen molar-refractivity contribution in [3.63, 3.8) is 0 Å². The summed E-state index contributed by atoms with van der Waals surface area (Å²) in [6.45, 7) is 0.610. The minimum Gasteiger partial charge on any atom is -0.380 e. The fourth-order valence-electron chi connectivity index (χ4n) is 2.12. The normalized spacial score (nSPS) is 10.7. The summed E-state index contributed by atoms with van der Waals surface area (Å²) in [6, 6.07) is 8.66. The molecule has 0 radical (unpaired) electrons. The van der Waals surface area contributed by atoms with Gasteiger partial charge >= 0.3 is 0 Å². The highest BCUT2D eigenvalue weighted by Gasteiger charge is 2.14. The van der Waals surface area contributed by atoms with E-state index in [1.54, 1.807) is 24.5 Å². The summed E-state index contributed by atoms with van der Waals surface area (Å²) in [5.41, 5.74) is 0.894. The molecule has 1 N–H and O–H groups in total. The molecule has 3 rings (SSSR count). The number of pyridine rings is 1. The van der Waals surface area contributed by atoms with E-state index >= 15 is 0 Å². The number of hydrogen-bond donors (Lipinski definition) is 1. The maximum atomic E-state index is 11.1. The average Bonchev–Trinajstić information content (AvgIpc) is 2.90. The van der Waals surface area contributed by atoms with Gasteiger partial charge in [0.1, 0.15) is 0 Å². The standard InChI is InChI=1S/C14H10ClN3O2S/c15-14-4-1-9(21-14)7-17-12-2-3-13(18(19)20)10-5-6-16-8-11(10)12/h1-6,8,17H,7H2. The summed E-state index contributed by atoms with van der Waals surface area (Å²) < 4.78 is 0.738. The first-order valence-electron chi connectivity index (χ1n) is 6.14. The molecule has 2 heterocycles. The lowest BCUT2D eigenvalue weighted by Gasteiger charge is -2.08. The van der Waals surface area contributed by atoms with Crippen LogP contribution in [0.15, 0.2) is 42.7 Å². The van der Waals surface area contributed by atoms with E-state index in [0.717, 1.165) is 20.3 Å². The Kier molecular flexibility index (Phi) is 3.72. The highest BCUT2D eigenvalue weighted by Crippen LogP contribution is 2.31. The van der Waals surface area contributed by atoms with Crippen molar-refractivity contribution in [2.24, 2.45) is 0 Å². The van der Waals surface area contributed by atoms with Gasteiger partial charge in [-0.2, -0.15) is 0 Å². The Morgan fingerprint density at radius 3 is 2.81 bits per heavy atom. The SMILES string of the molecule is O=[N+]([O-])c1ccc(NCc2ccc(Cl)s2)c2cnccc12. The Balaban J connectivity index is 1.96. The topological polar surface area (TPSA) is 68.1 Å². The predicted molar refractivity (Wildman–Crippen MR) is 85.1 cm³/mol. The molecule has 3 aromatic rings. The molecule has 0 saturated heterocycles. The van der Waals surface area contributed by atoms with Gasteiger partial charge in [0.05, 0.1) is 14.6 Å². The van der Waals surface area contributed by atoms with E-state index in [1.165, 1.54) is 17.4 Å². The highest BCUT2D eigenvalue weighted by molar-refractivity contribution is 7.16. The van der Waals surface area contributed by atoms with Crippen molar-refractivity contribution in [2.45, 2.75) is 6.54 Å². The van der Waals surface area contributed by atoms with Gasteiger partial charge in [-0.15, -0.1) is 11.3 Å². The number of hydrogen-bond acceptors (Lipinski definition) is 5. The van der Waals surface area contributed by atoms with E-state index in [0.29, 0.717) is 11.9 Å². The van der Waals surface area contributed by atoms with Gasteiger partial charge in [-0.3, -0.25) is 15.1 Å². The van der Waals surface area contributed by atoms with Crippen LogP contribution in [-0.4, -0.2) is 9.91 Å². The second kappa shape index (κ2) is 5.67. The number of anilines is 1. The summed E-state index contributed by atoms with van der Waals surface area (Å²) in [7, 11) is 0. The Hall–Kier alpha value is -2.18. The van der Waals surface area contributed by atoms with Crippen molar-refractivity contribution in [2.75, 3.05) is 5.32 Å². The fourth-order valence-corrected chi connectivity index (χ4v) is 3.14. The third-order valence-corrected chi connectivity index (χ3v) is 4.30. The minimum atomic E-state index is -0.384. The van der Waals surface area contributed by atoms with Gasteiger partial charge in [0.2, 0.25) is 0 Å². The molecule has 0 aliphatic rings. The number of nitrogens with one attached hydrogen (secondary N) is 1. The molecule has 0 aliphatic heterocycles. The van der Waals surface area contributed by atoms with E-state index < -0.39 is 0 Å². The summed E-state index contributed by atoms with van der Waals surface area (Å²) in [5.74, 6) is 0. The van der Waals surface area contributed by atoms with Crippen LogP contribution in [0.5, 0.6) is 0 Å². The zero-order chi connectivity index (χ0) is 14.8. The number of halogens is 1. The van der Waals surface area contributed by atoms with E-state index in [-0.39, 0.29) is 10.6 Å². The van der Waals surface area contributed by atoms with Gasteiger partial charge in [0.25, 0.3) is 5.69 Å². The van der Waals surface area contributed by atoms with Gasteiger partial charge in [0.15, 0.2) is 0 Å². The lowest BCUT2D eigenvalue weighted by atomic mass is 10.1. The Morgan fingerprint density at radius 2 is 2.10 bits per heavy atom. The van der Waals surface area contributed by atoms with Crippen LogP contribution in [-0.2, 0) is 6.54 Å². The van der Waals surface area contributed by atoms with Crippen molar-refractivity contribution in [3.8, 4) is 0 Å². The van der Waals surface area contributed by atoms with Crippen LogP contribution in [0.3, 0.4) is 0 Å². The van der Waals surface area contributed by atoms with Crippen LogP contribution in [0.25, 0.3) is 10.8 Å². The zero-order valence-electron chi connectivity index (χ0n) is 10.7. The van der Waals surface area contributed by atoms with Crippen LogP contribution in [0, 0.1) is 10.1 Å². The van der Waals surface area contributed by atoms with Crippen molar-refractivity contribution >= 4 is 45.1 Å². The average molecular weight is 320 g/mol. The van der Waals surface area contributed by atoms with Gasteiger partial charge in [0, 0.05) is 41.0 Å². The van der Waals surface area contributed by atoms with E-state index in [2.05, 4.69) is 10.3 Å². The van der Waals surface area contributed by atoms with Gasteiger partial charge < -0.3 is 5.32 Å². The molecule has 0 spiro atoms. The summed E-state index contributed by atoms with van der Waals surface area (Å²) in [4.78, 5) is 15.8. The molecule has 7 heteroatoms. The zero-order valence-corrected chi connectivity index (χ0v) is 12.3. The maximum Gasteiger partial charge on any atom is 0.277 e. The van der Waals surface area contributed by atoms with Crippen LogP contribution in [0.1, 0.15) is 4.88 Å². The summed E-state index contributed by atoms with van der Waals surface area (Å²) >= 11 is 7.40. The molecule has 0 fully saturated rings. The number of fused-ring (bicyclic) bond motifs is 1. The smallest absolute Gasteiger partial charge is 0.277 e. The molecular weight excluding hydrogens is 310 g/mol. The number of aromatic nitrogens is 1. The number of benzene rings is 1. The Morgan fingerprint density at radius 1 is 1.24 bits per heavy atom.